The zero-order chi connectivity index (χ0) is 15.6. The number of ether oxygens (including phenoxy) is 1. The SMILES string of the molecule is CCOC(=O)c1cnc2ccc(C(C)(C)C)cc2c1NN. The molecule has 0 saturated carbocycles. The number of pyridine rings is 1. The Morgan fingerprint density at radius 3 is 2.67 bits per heavy atom. The number of hydrogen-bond donors (Lipinski definition) is 2. The Morgan fingerprint density at radius 1 is 1.38 bits per heavy atom. The summed E-state index contributed by atoms with van der Waals surface area (Å²) >= 11 is 0. The number of esters is 1. The van der Waals surface area contributed by atoms with E-state index in [1.54, 1.807) is 6.92 Å². The van der Waals surface area contributed by atoms with E-state index in [0.29, 0.717) is 17.9 Å². The minimum atomic E-state index is -0.430. The Balaban J connectivity index is 2.67. The molecule has 0 amide bonds. The first kappa shape index (κ1) is 15.3. The van der Waals surface area contributed by atoms with Crippen molar-refractivity contribution < 1.29 is 9.53 Å². The van der Waals surface area contributed by atoms with Gasteiger partial charge in [-0.3, -0.25) is 10.8 Å². The summed E-state index contributed by atoms with van der Waals surface area (Å²) in [6.07, 6.45) is 1.49. The van der Waals surface area contributed by atoms with Gasteiger partial charge in [-0.1, -0.05) is 26.8 Å². The lowest BCUT2D eigenvalue weighted by Gasteiger charge is -2.20. The van der Waals surface area contributed by atoms with E-state index in [1.165, 1.54) is 6.20 Å². The van der Waals surface area contributed by atoms with Crippen molar-refractivity contribution in [3.63, 3.8) is 0 Å². The van der Waals surface area contributed by atoms with E-state index in [1.807, 2.05) is 18.2 Å². The highest BCUT2D eigenvalue weighted by Gasteiger charge is 2.19. The third-order valence-corrected chi connectivity index (χ3v) is 3.37. The number of nitrogens with one attached hydrogen (secondary N) is 1. The minimum absolute atomic E-state index is 0.00000913. The van der Waals surface area contributed by atoms with E-state index in [2.05, 4.69) is 31.2 Å². The fraction of sp³-hybridized carbons (Fsp3) is 0.375. The molecule has 3 N–H and O–H groups in total. The smallest absolute Gasteiger partial charge is 0.341 e. The van der Waals surface area contributed by atoms with Crippen LogP contribution in [0.2, 0.25) is 0 Å². The van der Waals surface area contributed by atoms with Gasteiger partial charge in [0.05, 0.1) is 17.8 Å². The third kappa shape index (κ3) is 2.97. The van der Waals surface area contributed by atoms with Crippen molar-refractivity contribution in [3.8, 4) is 0 Å². The van der Waals surface area contributed by atoms with Crippen LogP contribution >= 0.6 is 0 Å². The maximum atomic E-state index is 12.0. The number of nitrogen functional groups attached to an aromatic ring is 1. The molecule has 0 saturated heterocycles. The predicted molar refractivity (Wildman–Crippen MR) is 84.2 cm³/mol. The van der Waals surface area contributed by atoms with Gasteiger partial charge >= 0.3 is 5.97 Å². The van der Waals surface area contributed by atoms with Crippen LogP contribution in [-0.2, 0) is 10.2 Å². The van der Waals surface area contributed by atoms with Gasteiger partial charge in [0, 0.05) is 11.6 Å². The lowest BCUT2D eigenvalue weighted by atomic mass is 9.86. The van der Waals surface area contributed by atoms with Gasteiger partial charge in [-0.2, -0.15) is 0 Å². The fourth-order valence-electron chi connectivity index (χ4n) is 2.18. The number of carbonyl (C=O) groups excluding carboxylic acids is 1. The molecule has 1 aromatic heterocycles. The lowest BCUT2D eigenvalue weighted by Crippen LogP contribution is -2.16. The van der Waals surface area contributed by atoms with Crippen molar-refractivity contribution in [1.82, 2.24) is 4.98 Å². The summed E-state index contributed by atoms with van der Waals surface area (Å²) < 4.78 is 5.04. The van der Waals surface area contributed by atoms with Gasteiger partial charge in [0.2, 0.25) is 0 Å². The molecule has 0 fully saturated rings. The number of fused-ring (bicyclic) bond motifs is 1. The normalized spacial score (nSPS) is 11.5. The van der Waals surface area contributed by atoms with Crippen molar-refractivity contribution in [2.45, 2.75) is 33.1 Å². The molecule has 0 unspecified atom stereocenters. The van der Waals surface area contributed by atoms with Crippen molar-refractivity contribution in [3.05, 3.63) is 35.5 Å². The molecular weight excluding hydrogens is 266 g/mol. The number of carbonyl (C=O) groups is 1. The molecule has 112 valence electrons. The Bertz CT molecular complexity index is 675. The van der Waals surface area contributed by atoms with E-state index < -0.39 is 5.97 Å². The third-order valence-electron chi connectivity index (χ3n) is 3.37. The Morgan fingerprint density at radius 2 is 2.10 bits per heavy atom. The first-order valence-electron chi connectivity index (χ1n) is 6.95. The summed E-state index contributed by atoms with van der Waals surface area (Å²) in [4.78, 5) is 16.3. The molecule has 0 aliphatic rings. The first-order chi connectivity index (χ1) is 9.88. The summed E-state index contributed by atoms with van der Waals surface area (Å²) in [6.45, 7) is 8.47. The summed E-state index contributed by atoms with van der Waals surface area (Å²) in [5, 5.41) is 0.815. The molecule has 21 heavy (non-hydrogen) atoms. The van der Waals surface area contributed by atoms with Crippen molar-refractivity contribution in [2.75, 3.05) is 12.0 Å². The number of benzene rings is 1. The molecule has 2 rings (SSSR count). The van der Waals surface area contributed by atoms with Gasteiger partial charge in [-0.05, 0) is 30.0 Å². The number of nitrogens with two attached hydrogens (primary N) is 1. The first-order valence-corrected chi connectivity index (χ1v) is 6.95. The highest BCUT2D eigenvalue weighted by Crippen LogP contribution is 2.31. The molecule has 0 aliphatic heterocycles. The standard InChI is InChI=1S/C16H21N3O2/c1-5-21-15(20)12-9-18-13-7-6-10(16(2,3)4)8-11(13)14(12)19-17/h6-9H,5,17H2,1-4H3,(H,18,19). The number of anilines is 1. The van der Waals surface area contributed by atoms with E-state index >= 15 is 0 Å². The average molecular weight is 287 g/mol. The van der Waals surface area contributed by atoms with Gasteiger partial charge in [0.15, 0.2) is 0 Å². The van der Waals surface area contributed by atoms with Crippen LogP contribution in [0.15, 0.2) is 24.4 Å². The quantitative estimate of drug-likeness (QED) is 0.515. The molecule has 5 nitrogen and oxygen atoms in total. The summed E-state index contributed by atoms with van der Waals surface area (Å²) in [5.41, 5.74) is 5.44. The molecule has 0 radical (unpaired) electrons. The summed E-state index contributed by atoms with van der Waals surface area (Å²) in [6, 6.07) is 5.99. The second-order valence-electron chi connectivity index (χ2n) is 5.89. The number of nitrogens with zero attached hydrogens (tertiary/aromatic N) is 1. The molecule has 5 heteroatoms. The van der Waals surface area contributed by atoms with Gasteiger partial charge < -0.3 is 10.2 Å². The monoisotopic (exact) mass is 287 g/mol. The zero-order valence-electron chi connectivity index (χ0n) is 12.9. The Hall–Kier alpha value is -2.14. The molecule has 1 heterocycles. The van der Waals surface area contributed by atoms with E-state index in [-0.39, 0.29) is 5.41 Å². The highest BCUT2D eigenvalue weighted by molar-refractivity contribution is 6.04. The van der Waals surface area contributed by atoms with Crippen LogP contribution in [0.4, 0.5) is 5.69 Å². The van der Waals surface area contributed by atoms with Crippen molar-refractivity contribution in [2.24, 2.45) is 5.84 Å². The second-order valence-corrected chi connectivity index (χ2v) is 5.89. The molecule has 1 aromatic carbocycles. The highest BCUT2D eigenvalue weighted by atomic mass is 16.5. The van der Waals surface area contributed by atoms with Crippen LogP contribution in [-0.4, -0.2) is 17.6 Å². The topological polar surface area (TPSA) is 77.2 Å². The number of hydrazine groups is 1. The van der Waals surface area contributed by atoms with Crippen LogP contribution in [0.1, 0.15) is 43.6 Å². The van der Waals surface area contributed by atoms with Crippen LogP contribution in [0.25, 0.3) is 10.9 Å². The fourth-order valence-corrected chi connectivity index (χ4v) is 2.18. The number of aromatic nitrogens is 1. The molecule has 2 aromatic rings. The summed E-state index contributed by atoms with van der Waals surface area (Å²) in [5.74, 6) is 5.19. The molecule has 0 spiro atoms. The van der Waals surface area contributed by atoms with E-state index in [9.17, 15) is 4.79 Å². The molecule has 0 aliphatic carbocycles. The maximum Gasteiger partial charge on any atom is 0.341 e. The largest absolute Gasteiger partial charge is 0.462 e. The zero-order valence-corrected chi connectivity index (χ0v) is 12.9. The van der Waals surface area contributed by atoms with Gasteiger partial charge in [0.25, 0.3) is 0 Å². The lowest BCUT2D eigenvalue weighted by molar-refractivity contribution is 0.0527. The average Bonchev–Trinajstić information content (AvgIpc) is 2.44. The van der Waals surface area contributed by atoms with Crippen LogP contribution in [0, 0.1) is 0 Å². The van der Waals surface area contributed by atoms with Gasteiger partial charge in [0.1, 0.15) is 5.56 Å². The van der Waals surface area contributed by atoms with Crippen molar-refractivity contribution in [1.29, 1.82) is 0 Å². The predicted octanol–water partition coefficient (Wildman–Crippen LogP) is 2.99. The van der Waals surface area contributed by atoms with Gasteiger partial charge in [-0.25, -0.2) is 4.79 Å². The molecular formula is C16H21N3O2. The molecule has 0 atom stereocenters. The summed E-state index contributed by atoms with van der Waals surface area (Å²) in [7, 11) is 0. The van der Waals surface area contributed by atoms with Crippen molar-refractivity contribution >= 4 is 22.6 Å². The van der Waals surface area contributed by atoms with Crippen LogP contribution in [0.5, 0.6) is 0 Å². The van der Waals surface area contributed by atoms with Gasteiger partial charge in [-0.15, -0.1) is 0 Å². The number of rotatable bonds is 3. The maximum absolute atomic E-state index is 12.0. The Kier molecular flexibility index (Phi) is 4.14. The van der Waals surface area contributed by atoms with Crippen LogP contribution in [0.3, 0.4) is 0 Å². The van der Waals surface area contributed by atoms with E-state index in [4.69, 9.17) is 10.6 Å². The number of hydrogen-bond acceptors (Lipinski definition) is 5. The minimum Gasteiger partial charge on any atom is -0.462 e. The van der Waals surface area contributed by atoms with Crippen LogP contribution < -0.4 is 11.3 Å². The second kappa shape index (κ2) is 5.69. The van der Waals surface area contributed by atoms with E-state index in [0.717, 1.165) is 16.5 Å². The molecule has 0 bridgehead atoms. The Labute approximate surface area is 124 Å².